The van der Waals surface area contributed by atoms with Crippen molar-refractivity contribution in [1.29, 1.82) is 10.5 Å². The number of rotatable bonds is 8. The van der Waals surface area contributed by atoms with E-state index in [4.69, 9.17) is 14.5 Å². The molecule has 8 nitrogen and oxygen atoms in total. The summed E-state index contributed by atoms with van der Waals surface area (Å²) in [4.78, 5) is 11.3. The lowest BCUT2D eigenvalue weighted by molar-refractivity contribution is -0.835. The number of aromatic nitrogens is 2. The maximum absolute atomic E-state index is 9.77. The van der Waals surface area contributed by atoms with Crippen LogP contribution in [0.5, 0.6) is 0 Å². The average Bonchev–Trinajstić information content (AvgIpc) is 3.47. The van der Waals surface area contributed by atoms with Gasteiger partial charge < -0.3 is 14.0 Å². The molecule has 3 fully saturated rings. The topological polar surface area (TPSA) is 95.1 Å². The third-order valence-corrected chi connectivity index (χ3v) is 7.81. The number of hydrogen-bond acceptors (Lipinski definition) is 7. The monoisotopic (exact) mass is 470 g/mol. The smallest absolute Gasteiger partial charge is 0.147 e. The first-order chi connectivity index (χ1) is 17.2. The maximum atomic E-state index is 9.77. The Kier molecular flexibility index (Phi) is 7.41. The van der Waals surface area contributed by atoms with E-state index < -0.39 is 0 Å². The molecule has 5 rings (SSSR count). The van der Waals surface area contributed by atoms with Gasteiger partial charge in [-0.15, -0.1) is 0 Å². The molecule has 35 heavy (non-hydrogen) atoms. The maximum Gasteiger partial charge on any atom is 0.147 e. The van der Waals surface area contributed by atoms with Crippen LogP contribution < -0.4 is 0 Å². The zero-order valence-electron chi connectivity index (χ0n) is 20.1. The minimum Gasteiger partial charge on any atom is -0.379 e. The summed E-state index contributed by atoms with van der Waals surface area (Å²) in [6, 6.07) is 13.6. The van der Waals surface area contributed by atoms with Crippen LogP contribution in [0.4, 0.5) is 0 Å². The molecule has 3 saturated heterocycles. The van der Waals surface area contributed by atoms with Crippen molar-refractivity contribution in [2.24, 2.45) is 0 Å². The van der Waals surface area contributed by atoms with Crippen molar-refractivity contribution in [3.05, 3.63) is 58.7 Å². The highest BCUT2D eigenvalue weighted by Gasteiger charge is 2.65. The van der Waals surface area contributed by atoms with Crippen molar-refractivity contribution in [2.75, 3.05) is 52.6 Å². The van der Waals surface area contributed by atoms with Crippen LogP contribution in [-0.4, -0.2) is 91.3 Å². The lowest BCUT2D eigenvalue weighted by Crippen LogP contribution is -2.42. The fourth-order valence-corrected chi connectivity index (χ4v) is 5.81. The van der Waals surface area contributed by atoms with Crippen molar-refractivity contribution < 1.29 is 14.0 Å². The fraction of sp³-hybridized carbons (Fsp3) is 0.538. The highest BCUT2D eigenvalue weighted by atomic mass is 16.5. The lowest BCUT2D eigenvalue weighted by atomic mass is 9.67. The molecule has 2 aromatic heterocycles. The molecule has 1 spiro atoms. The Morgan fingerprint density at radius 2 is 1.74 bits per heavy atom. The van der Waals surface area contributed by atoms with E-state index in [1.807, 2.05) is 12.1 Å². The van der Waals surface area contributed by atoms with Crippen LogP contribution >= 0.6 is 0 Å². The van der Waals surface area contributed by atoms with E-state index in [1.54, 1.807) is 6.20 Å². The Hall–Kier alpha value is -2.82. The van der Waals surface area contributed by atoms with Crippen molar-refractivity contribution in [1.82, 2.24) is 14.9 Å². The number of nitriles is 2. The molecule has 0 N–H and O–H groups in total. The average molecular weight is 470 g/mol. The number of pyridine rings is 2. The number of morpholine rings is 2. The molecular weight excluding hydrogens is 439 g/mol. The summed E-state index contributed by atoms with van der Waals surface area (Å²) in [6.07, 6.45) is 4.29. The van der Waals surface area contributed by atoms with Gasteiger partial charge in [-0.25, -0.2) is 9.97 Å². The van der Waals surface area contributed by atoms with Gasteiger partial charge in [-0.3, -0.25) is 4.90 Å². The summed E-state index contributed by atoms with van der Waals surface area (Å²) < 4.78 is 12.2. The Morgan fingerprint density at radius 1 is 0.971 bits per heavy atom. The molecule has 1 radical (unpaired) electrons. The third kappa shape index (κ3) is 5.24. The van der Waals surface area contributed by atoms with Gasteiger partial charge in [0.2, 0.25) is 0 Å². The molecule has 3 aliphatic rings. The molecule has 0 aliphatic carbocycles. The minimum atomic E-state index is 0.489. The standard InChI is InChI=1S/C26H31BN6O2/c28-17-23-20(2-1-5-30-23)15-27-16-26-25(33(26)8-12-35-13-9-33)14-22-4-3-21(24(18-29)31-22)19-32-6-10-34-11-7-32/h1-5,25-26H,6-16,19H2/q+1. The van der Waals surface area contributed by atoms with E-state index in [2.05, 4.69) is 41.4 Å². The van der Waals surface area contributed by atoms with Gasteiger partial charge in [0.15, 0.2) is 0 Å². The number of quaternary nitrogens is 1. The summed E-state index contributed by atoms with van der Waals surface area (Å²) in [5, 5.41) is 19.1. The van der Waals surface area contributed by atoms with Crippen molar-refractivity contribution >= 4 is 7.28 Å². The largest absolute Gasteiger partial charge is 0.379 e. The minimum absolute atomic E-state index is 0.489. The molecule has 9 heteroatoms. The summed E-state index contributed by atoms with van der Waals surface area (Å²) in [5.74, 6) is 0. The number of ether oxygens (including phenoxy) is 2. The number of hydrogen-bond donors (Lipinski definition) is 0. The predicted octanol–water partition coefficient (Wildman–Crippen LogP) is 1.52. The first-order valence-electron chi connectivity index (χ1n) is 12.5. The summed E-state index contributed by atoms with van der Waals surface area (Å²) >= 11 is 0. The summed E-state index contributed by atoms with van der Waals surface area (Å²) in [7, 11) is 2.30. The lowest BCUT2D eigenvalue weighted by Gasteiger charge is -2.27. The molecule has 3 aliphatic heterocycles. The van der Waals surface area contributed by atoms with Gasteiger partial charge in [0.1, 0.15) is 56.0 Å². The van der Waals surface area contributed by atoms with Crippen LogP contribution in [0.3, 0.4) is 0 Å². The summed E-state index contributed by atoms with van der Waals surface area (Å²) in [5.41, 5.74) is 4.04. The highest BCUT2D eigenvalue weighted by Crippen LogP contribution is 2.45. The van der Waals surface area contributed by atoms with Crippen molar-refractivity contribution in [3.63, 3.8) is 0 Å². The molecule has 2 unspecified atom stereocenters. The summed E-state index contributed by atoms with van der Waals surface area (Å²) in [6.45, 7) is 7.67. The van der Waals surface area contributed by atoms with E-state index in [0.717, 1.165) is 99.5 Å². The molecule has 179 valence electrons. The molecule has 2 aromatic rings. The molecule has 0 saturated carbocycles. The molecule has 2 atom stereocenters. The Labute approximate surface area is 207 Å². The van der Waals surface area contributed by atoms with E-state index in [1.165, 1.54) is 0 Å². The highest BCUT2D eigenvalue weighted by molar-refractivity contribution is 6.35. The van der Waals surface area contributed by atoms with Crippen LogP contribution in [0.15, 0.2) is 30.5 Å². The first kappa shape index (κ1) is 23.9. The van der Waals surface area contributed by atoms with Gasteiger partial charge in [-0.05, 0) is 24.0 Å². The van der Waals surface area contributed by atoms with Crippen LogP contribution in [0.25, 0.3) is 0 Å². The van der Waals surface area contributed by atoms with Crippen LogP contribution in [0.2, 0.25) is 6.32 Å². The number of nitrogens with zero attached hydrogens (tertiary/aromatic N) is 6. The SMILES string of the molecule is N#Cc1ncccc1C[B]CC1C(Cc2ccc(CN3CCOCC3)c(C#N)n2)[N+]12CCOCC2. The first-order valence-corrected chi connectivity index (χ1v) is 12.5. The molecular formula is C26H31BN6O2+. The van der Waals surface area contributed by atoms with Crippen molar-refractivity contribution in [3.8, 4) is 12.1 Å². The van der Waals surface area contributed by atoms with Crippen LogP contribution in [0, 0.1) is 22.7 Å². The quantitative estimate of drug-likeness (QED) is 0.328. The van der Waals surface area contributed by atoms with Crippen LogP contribution in [0.1, 0.15) is 28.2 Å². The zero-order valence-corrected chi connectivity index (χ0v) is 20.1. The van der Waals surface area contributed by atoms with E-state index in [0.29, 0.717) is 23.5 Å². The second-order valence-electron chi connectivity index (χ2n) is 9.66. The molecule has 0 amide bonds. The van der Waals surface area contributed by atoms with E-state index in [-0.39, 0.29) is 0 Å². The predicted molar refractivity (Wildman–Crippen MR) is 130 cm³/mol. The Balaban J connectivity index is 1.24. The third-order valence-electron chi connectivity index (χ3n) is 7.81. The van der Waals surface area contributed by atoms with Crippen molar-refractivity contribution in [2.45, 2.75) is 37.7 Å². The van der Waals surface area contributed by atoms with Gasteiger partial charge in [0.25, 0.3) is 0 Å². The Morgan fingerprint density at radius 3 is 2.51 bits per heavy atom. The molecule has 0 bridgehead atoms. The second kappa shape index (κ2) is 10.8. The van der Waals surface area contributed by atoms with E-state index in [9.17, 15) is 10.5 Å². The zero-order chi connectivity index (χ0) is 24.1. The van der Waals surface area contributed by atoms with Gasteiger partial charge in [0.05, 0.1) is 26.4 Å². The molecule has 0 aromatic carbocycles. The van der Waals surface area contributed by atoms with Gasteiger partial charge in [-0.1, -0.05) is 18.5 Å². The van der Waals surface area contributed by atoms with E-state index >= 15 is 0 Å². The Bertz CT molecular complexity index is 1120. The van der Waals surface area contributed by atoms with Crippen LogP contribution in [-0.2, 0) is 28.8 Å². The molecule has 5 heterocycles. The van der Waals surface area contributed by atoms with Gasteiger partial charge >= 0.3 is 0 Å². The second-order valence-corrected chi connectivity index (χ2v) is 9.66. The van der Waals surface area contributed by atoms with Gasteiger partial charge in [-0.2, -0.15) is 10.5 Å². The fourth-order valence-electron chi connectivity index (χ4n) is 5.81. The normalized spacial score (nSPS) is 23.4. The van der Waals surface area contributed by atoms with Gasteiger partial charge in [0, 0.05) is 43.5 Å².